The third-order valence-corrected chi connectivity index (χ3v) is 7.64. The fourth-order valence-corrected chi connectivity index (χ4v) is 5.59. The van der Waals surface area contributed by atoms with E-state index in [1.807, 2.05) is 42.7 Å². The number of amides is 1. The van der Waals surface area contributed by atoms with Crippen LogP contribution < -0.4 is 4.74 Å². The van der Waals surface area contributed by atoms with E-state index in [-0.39, 0.29) is 10.5 Å². The van der Waals surface area contributed by atoms with Crippen molar-refractivity contribution in [1.29, 1.82) is 0 Å². The molecule has 1 aliphatic rings. The number of fused-ring (bicyclic) bond motifs is 1. The third-order valence-electron chi connectivity index (χ3n) is 5.86. The summed E-state index contributed by atoms with van der Waals surface area (Å²) in [5.74, 6) is -0.274. The largest absolute Gasteiger partial charge is 0.497 e. The Morgan fingerprint density at radius 3 is 2.38 bits per heavy atom. The molecule has 0 radical (unpaired) electrons. The molecule has 0 N–H and O–H groups in total. The number of hydrogen-bond acceptors (Lipinski definition) is 5. The van der Waals surface area contributed by atoms with E-state index in [2.05, 4.69) is 0 Å². The number of aromatic nitrogens is 1. The summed E-state index contributed by atoms with van der Waals surface area (Å²) in [5, 5.41) is 0. The predicted octanol–water partition coefficient (Wildman–Crippen LogP) is 3.38. The van der Waals surface area contributed by atoms with Crippen molar-refractivity contribution in [3.8, 4) is 5.75 Å². The molecule has 0 aliphatic carbocycles. The molecule has 32 heavy (non-hydrogen) atoms. The Kier molecular flexibility index (Phi) is 5.64. The zero-order valence-electron chi connectivity index (χ0n) is 18.2. The fourth-order valence-electron chi connectivity index (χ4n) is 4.06. The molecule has 1 amide bonds. The minimum atomic E-state index is -4.02. The van der Waals surface area contributed by atoms with Gasteiger partial charge in [-0.05, 0) is 56.2 Å². The van der Waals surface area contributed by atoms with E-state index in [1.54, 1.807) is 25.3 Å². The highest BCUT2D eigenvalue weighted by molar-refractivity contribution is 7.90. The van der Waals surface area contributed by atoms with Gasteiger partial charge in [0.1, 0.15) is 17.2 Å². The molecular weight excluding hydrogens is 428 g/mol. The van der Waals surface area contributed by atoms with Crippen LogP contribution in [0.3, 0.4) is 0 Å². The number of carbonyl (C=O) groups excluding carboxylic acids is 2. The summed E-state index contributed by atoms with van der Waals surface area (Å²) in [6, 6.07) is 15.6. The Morgan fingerprint density at radius 1 is 1.03 bits per heavy atom. The number of ether oxygens (including phenoxy) is 1. The first kappa shape index (κ1) is 21.8. The molecule has 0 bridgehead atoms. The lowest BCUT2D eigenvalue weighted by Gasteiger charge is -2.14. The van der Waals surface area contributed by atoms with Gasteiger partial charge < -0.3 is 9.30 Å². The summed E-state index contributed by atoms with van der Waals surface area (Å²) in [6.07, 6.45) is 0.766. The Balaban J connectivity index is 1.52. The van der Waals surface area contributed by atoms with Crippen molar-refractivity contribution in [1.82, 2.24) is 8.87 Å². The summed E-state index contributed by atoms with van der Waals surface area (Å²) in [7, 11) is -2.40. The SMILES string of the molecule is COc1ccc(CCn2c(C)cc(C(=O)CN3C(=O)c4ccccc4S3(=O)=O)c2C)cc1. The minimum Gasteiger partial charge on any atom is -0.497 e. The topological polar surface area (TPSA) is 85.7 Å². The van der Waals surface area contributed by atoms with Crippen LogP contribution in [0.1, 0.15) is 37.7 Å². The smallest absolute Gasteiger partial charge is 0.269 e. The van der Waals surface area contributed by atoms with Crippen LogP contribution >= 0.6 is 0 Å². The lowest BCUT2D eigenvalue weighted by molar-refractivity contribution is 0.0820. The van der Waals surface area contributed by atoms with Crippen LogP contribution in [0, 0.1) is 13.8 Å². The quantitative estimate of drug-likeness (QED) is 0.513. The van der Waals surface area contributed by atoms with Crippen LogP contribution in [-0.2, 0) is 23.0 Å². The lowest BCUT2D eigenvalue weighted by Crippen LogP contribution is -2.35. The van der Waals surface area contributed by atoms with Gasteiger partial charge in [0.15, 0.2) is 5.78 Å². The number of aryl methyl sites for hydroxylation is 2. The number of methoxy groups -OCH3 is 1. The van der Waals surface area contributed by atoms with Gasteiger partial charge >= 0.3 is 0 Å². The number of ketones is 1. The van der Waals surface area contributed by atoms with Crippen molar-refractivity contribution in [2.24, 2.45) is 0 Å². The first-order chi connectivity index (χ1) is 15.2. The second-order valence-corrected chi connectivity index (χ2v) is 9.60. The first-order valence-corrected chi connectivity index (χ1v) is 11.7. The van der Waals surface area contributed by atoms with Crippen LogP contribution in [0.15, 0.2) is 59.5 Å². The molecule has 0 saturated carbocycles. The van der Waals surface area contributed by atoms with Gasteiger partial charge in [0.05, 0.1) is 12.7 Å². The van der Waals surface area contributed by atoms with E-state index in [1.165, 1.54) is 12.1 Å². The molecule has 1 aromatic heterocycles. The normalized spacial score (nSPS) is 14.5. The molecule has 0 fully saturated rings. The van der Waals surface area contributed by atoms with Gasteiger partial charge in [-0.15, -0.1) is 0 Å². The molecule has 8 heteroatoms. The molecule has 0 atom stereocenters. The van der Waals surface area contributed by atoms with Crippen LogP contribution in [0.25, 0.3) is 0 Å². The maximum Gasteiger partial charge on any atom is 0.269 e. The Morgan fingerprint density at radius 2 is 1.72 bits per heavy atom. The zero-order chi connectivity index (χ0) is 23.0. The van der Waals surface area contributed by atoms with E-state index < -0.39 is 28.3 Å². The number of Topliss-reactive ketones (excluding diaryl/α,β-unsaturated/α-hetero) is 1. The van der Waals surface area contributed by atoms with Crippen molar-refractivity contribution in [3.63, 3.8) is 0 Å². The maximum absolute atomic E-state index is 13.0. The number of hydrogen-bond donors (Lipinski definition) is 0. The average Bonchev–Trinajstić information content (AvgIpc) is 3.18. The van der Waals surface area contributed by atoms with Gasteiger partial charge in [0.2, 0.25) is 0 Å². The van der Waals surface area contributed by atoms with Gasteiger partial charge in [-0.1, -0.05) is 24.3 Å². The monoisotopic (exact) mass is 452 g/mol. The number of nitrogens with zero attached hydrogens (tertiary/aromatic N) is 2. The Labute approximate surface area is 187 Å². The van der Waals surface area contributed by atoms with Crippen molar-refractivity contribution < 1.29 is 22.7 Å². The first-order valence-electron chi connectivity index (χ1n) is 10.2. The Hall–Kier alpha value is -3.39. The Bertz CT molecular complexity index is 1310. The number of sulfonamides is 1. The maximum atomic E-state index is 13.0. The van der Waals surface area contributed by atoms with Gasteiger partial charge in [0.25, 0.3) is 15.9 Å². The summed E-state index contributed by atoms with van der Waals surface area (Å²) in [5.41, 5.74) is 3.32. The third kappa shape index (κ3) is 3.71. The molecule has 0 unspecified atom stereocenters. The van der Waals surface area contributed by atoms with Gasteiger partial charge in [-0.25, -0.2) is 12.7 Å². The van der Waals surface area contributed by atoms with Crippen molar-refractivity contribution in [3.05, 3.63) is 82.7 Å². The van der Waals surface area contributed by atoms with Gasteiger partial charge in [0, 0.05) is 23.5 Å². The molecular formula is C24H24N2O5S. The molecule has 2 heterocycles. The highest BCUT2D eigenvalue weighted by Gasteiger charge is 2.42. The lowest BCUT2D eigenvalue weighted by atomic mass is 10.1. The molecule has 3 aromatic rings. The van der Waals surface area contributed by atoms with Crippen LogP contribution in [0.4, 0.5) is 0 Å². The van der Waals surface area contributed by atoms with Crippen LogP contribution in [0.5, 0.6) is 5.75 Å². The predicted molar refractivity (Wildman–Crippen MR) is 120 cm³/mol. The summed E-state index contributed by atoms with van der Waals surface area (Å²) < 4.78 is 33.4. The van der Waals surface area contributed by atoms with E-state index in [9.17, 15) is 18.0 Å². The van der Waals surface area contributed by atoms with Crippen LogP contribution in [0.2, 0.25) is 0 Å². The van der Waals surface area contributed by atoms with Crippen molar-refractivity contribution >= 4 is 21.7 Å². The molecule has 1 aliphatic heterocycles. The van der Waals surface area contributed by atoms with Crippen molar-refractivity contribution in [2.45, 2.75) is 31.7 Å². The van der Waals surface area contributed by atoms with E-state index in [0.717, 1.165) is 29.1 Å². The molecule has 0 spiro atoms. The second-order valence-electron chi connectivity index (χ2n) is 7.77. The molecule has 166 valence electrons. The molecule has 7 nitrogen and oxygen atoms in total. The van der Waals surface area contributed by atoms with Gasteiger partial charge in [-0.2, -0.15) is 0 Å². The average molecular weight is 453 g/mol. The van der Waals surface area contributed by atoms with Crippen LogP contribution in [-0.4, -0.2) is 42.6 Å². The van der Waals surface area contributed by atoms with E-state index in [0.29, 0.717) is 16.4 Å². The summed E-state index contributed by atoms with van der Waals surface area (Å²) in [4.78, 5) is 25.6. The van der Waals surface area contributed by atoms with E-state index in [4.69, 9.17) is 4.74 Å². The molecule has 4 rings (SSSR count). The van der Waals surface area contributed by atoms with Crippen molar-refractivity contribution in [2.75, 3.05) is 13.7 Å². The highest BCUT2D eigenvalue weighted by atomic mass is 32.2. The standard InChI is InChI=1S/C24H24N2O5S/c1-16-14-21(17(2)25(16)13-12-18-8-10-19(31-3)11-9-18)22(27)15-26-24(28)20-6-4-5-7-23(20)32(26,29)30/h4-11,14H,12-13,15H2,1-3H3. The number of rotatable bonds is 7. The number of benzene rings is 2. The zero-order valence-corrected chi connectivity index (χ0v) is 19.0. The van der Waals surface area contributed by atoms with Gasteiger partial charge in [-0.3, -0.25) is 9.59 Å². The minimum absolute atomic E-state index is 0.0530. The summed E-state index contributed by atoms with van der Waals surface area (Å²) in [6.45, 7) is 3.90. The fraction of sp³-hybridized carbons (Fsp3) is 0.250. The highest BCUT2D eigenvalue weighted by Crippen LogP contribution is 2.30. The number of carbonyl (C=O) groups is 2. The molecule has 0 saturated heterocycles. The summed E-state index contributed by atoms with van der Waals surface area (Å²) >= 11 is 0. The second kappa shape index (κ2) is 8.27. The molecule has 2 aromatic carbocycles. The van der Waals surface area contributed by atoms with E-state index >= 15 is 0 Å².